The Morgan fingerprint density at radius 3 is 3.05 bits per heavy atom. The number of benzene rings is 1. The molecule has 5 nitrogen and oxygen atoms in total. The molecule has 3 rings (SSSR count). The molecule has 1 atom stereocenters. The number of nitrogens with zero attached hydrogens (tertiary/aromatic N) is 2. The normalized spacial score (nSPS) is 18.4. The summed E-state index contributed by atoms with van der Waals surface area (Å²) in [5, 5.41) is 0. The van der Waals surface area contributed by atoms with Crippen molar-refractivity contribution < 1.29 is 14.3 Å². The minimum atomic E-state index is -0.0680. The zero-order chi connectivity index (χ0) is 15.4. The molecule has 0 N–H and O–H groups in total. The molecular formula is C16H18N2O3S. The van der Waals surface area contributed by atoms with E-state index < -0.39 is 0 Å². The van der Waals surface area contributed by atoms with Crippen molar-refractivity contribution >= 4 is 17.2 Å². The smallest absolute Gasteiger partial charge is 0.274 e. The van der Waals surface area contributed by atoms with E-state index in [0.29, 0.717) is 32.0 Å². The summed E-state index contributed by atoms with van der Waals surface area (Å²) in [4.78, 5) is 19.8. The number of aromatic nitrogens is 1. The van der Waals surface area contributed by atoms with Crippen molar-refractivity contribution in [3.8, 4) is 10.4 Å². The minimum Gasteiger partial charge on any atom is -0.382 e. The molecular weight excluding hydrogens is 300 g/mol. The van der Waals surface area contributed by atoms with Gasteiger partial charge in [0, 0.05) is 20.2 Å². The van der Waals surface area contributed by atoms with Crippen LogP contribution in [0.15, 0.2) is 35.8 Å². The van der Waals surface area contributed by atoms with Gasteiger partial charge in [-0.1, -0.05) is 30.3 Å². The number of amides is 1. The standard InChI is InChI=1S/C16H18N2O3S/c1-20-10-13-9-18(7-8-21-13)16(19)14-15(22-11-17-14)12-5-3-2-4-6-12/h2-6,11,13H,7-10H2,1H3. The Balaban J connectivity index is 1.80. The Hall–Kier alpha value is -1.76. The van der Waals surface area contributed by atoms with Gasteiger partial charge in [0.05, 0.1) is 29.7 Å². The van der Waals surface area contributed by atoms with Gasteiger partial charge < -0.3 is 14.4 Å². The number of methoxy groups -OCH3 is 1. The molecule has 0 saturated carbocycles. The monoisotopic (exact) mass is 318 g/mol. The third-order valence-corrected chi connectivity index (χ3v) is 4.46. The predicted molar refractivity (Wildman–Crippen MR) is 85.1 cm³/mol. The number of morpholine rings is 1. The molecule has 0 radical (unpaired) electrons. The van der Waals surface area contributed by atoms with Crippen LogP contribution in [0.1, 0.15) is 10.5 Å². The molecule has 1 aromatic heterocycles. The third-order valence-electron chi connectivity index (χ3n) is 3.58. The molecule has 116 valence electrons. The fourth-order valence-electron chi connectivity index (χ4n) is 2.53. The van der Waals surface area contributed by atoms with Crippen molar-refractivity contribution in [3.63, 3.8) is 0 Å². The molecule has 1 aliphatic rings. The second-order valence-electron chi connectivity index (χ2n) is 5.10. The number of hydrogen-bond donors (Lipinski definition) is 0. The fourth-order valence-corrected chi connectivity index (χ4v) is 3.32. The van der Waals surface area contributed by atoms with Gasteiger partial charge in [0.1, 0.15) is 5.69 Å². The summed E-state index contributed by atoms with van der Waals surface area (Å²) >= 11 is 1.49. The van der Waals surface area contributed by atoms with Gasteiger partial charge in [0.15, 0.2) is 0 Å². The highest BCUT2D eigenvalue weighted by Gasteiger charge is 2.28. The maximum absolute atomic E-state index is 12.8. The van der Waals surface area contributed by atoms with Crippen LogP contribution in [0, 0.1) is 0 Å². The molecule has 1 saturated heterocycles. The van der Waals surface area contributed by atoms with Crippen molar-refractivity contribution in [3.05, 3.63) is 41.5 Å². The maximum atomic E-state index is 12.8. The highest BCUT2D eigenvalue weighted by molar-refractivity contribution is 7.13. The van der Waals surface area contributed by atoms with E-state index in [1.807, 2.05) is 30.3 Å². The quantitative estimate of drug-likeness (QED) is 0.868. The highest BCUT2D eigenvalue weighted by Crippen LogP contribution is 2.28. The zero-order valence-corrected chi connectivity index (χ0v) is 13.2. The fraction of sp³-hybridized carbons (Fsp3) is 0.375. The molecule has 1 amide bonds. The van der Waals surface area contributed by atoms with Crippen LogP contribution in [0.3, 0.4) is 0 Å². The summed E-state index contributed by atoms with van der Waals surface area (Å²) in [6.45, 7) is 2.15. The molecule has 2 aromatic rings. The first-order chi connectivity index (χ1) is 10.8. The van der Waals surface area contributed by atoms with E-state index in [4.69, 9.17) is 9.47 Å². The van der Waals surface area contributed by atoms with Crippen LogP contribution < -0.4 is 0 Å². The summed E-state index contributed by atoms with van der Waals surface area (Å²) in [5.74, 6) is -0.0375. The topological polar surface area (TPSA) is 51.7 Å². The second-order valence-corrected chi connectivity index (χ2v) is 5.95. The summed E-state index contributed by atoms with van der Waals surface area (Å²) < 4.78 is 10.7. The number of ether oxygens (including phenoxy) is 2. The molecule has 1 aromatic carbocycles. The lowest BCUT2D eigenvalue weighted by atomic mass is 10.1. The van der Waals surface area contributed by atoms with Gasteiger partial charge in [-0.25, -0.2) is 4.98 Å². The number of thiazole rings is 1. The van der Waals surface area contributed by atoms with E-state index in [-0.39, 0.29) is 12.0 Å². The lowest BCUT2D eigenvalue weighted by Gasteiger charge is -2.32. The van der Waals surface area contributed by atoms with Gasteiger partial charge in [-0.15, -0.1) is 11.3 Å². The van der Waals surface area contributed by atoms with Gasteiger partial charge in [-0.3, -0.25) is 4.79 Å². The molecule has 0 bridgehead atoms. The summed E-state index contributed by atoms with van der Waals surface area (Å²) in [7, 11) is 1.64. The predicted octanol–water partition coefficient (Wildman–Crippen LogP) is 2.30. The van der Waals surface area contributed by atoms with Crippen LogP contribution in [-0.4, -0.2) is 55.3 Å². The van der Waals surface area contributed by atoms with Crippen LogP contribution in [0.2, 0.25) is 0 Å². The van der Waals surface area contributed by atoms with Crippen LogP contribution in [-0.2, 0) is 9.47 Å². The van der Waals surface area contributed by atoms with Crippen molar-refractivity contribution in [2.24, 2.45) is 0 Å². The van der Waals surface area contributed by atoms with Gasteiger partial charge >= 0.3 is 0 Å². The van der Waals surface area contributed by atoms with Crippen molar-refractivity contribution in [1.29, 1.82) is 0 Å². The lowest BCUT2D eigenvalue weighted by Crippen LogP contribution is -2.47. The molecule has 0 aliphatic carbocycles. The first kappa shape index (κ1) is 15.1. The minimum absolute atomic E-state index is 0.0375. The number of carbonyl (C=O) groups excluding carboxylic acids is 1. The molecule has 1 unspecified atom stereocenters. The van der Waals surface area contributed by atoms with E-state index in [2.05, 4.69) is 4.98 Å². The molecule has 1 fully saturated rings. The summed E-state index contributed by atoms with van der Waals surface area (Å²) in [5.41, 5.74) is 3.27. The summed E-state index contributed by atoms with van der Waals surface area (Å²) in [6.07, 6.45) is -0.0680. The second kappa shape index (κ2) is 7.00. The van der Waals surface area contributed by atoms with E-state index in [1.165, 1.54) is 11.3 Å². The Labute approximate surface area is 133 Å². The van der Waals surface area contributed by atoms with E-state index in [1.54, 1.807) is 17.5 Å². The van der Waals surface area contributed by atoms with Gasteiger partial charge in [-0.05, 0) is 5.56 Å². The number of rotatable bonds is 4. The lowest BCUT2D eigenvalue weighted by molar-refractivity contribution is -0.0531. The zero-order valence-electron chi connectivity index (χ0n) is 12.4. The van der Waals surface area contributed by atoms with Gasteiger partial charge in [0.2, 0.25) is 0 Å². The van der Waals surface area contributed by atoms with Crippen LogP contribution >= 0.6 is 11.3 Å². The third kappa shape index (κ3) is 3.19. The van der Waals surface area contributed by atoms with Crippen LogP contribution in [0.4, 0.5) is 0 Å². The van der Waals surface area contributed by atoms with Crippen LogP contribution in [0.5, 0.6) is 0 Å². The van der Waals surface area contributed by atoms with Gasteiger partial charge in [-0.2, -0.15) is 0 Å². The van der Waals surface area contributed by atoms with Crippen molar-refractivity contribution in [1.82, 2.24) is 9.88 Å². The average Bonchev–Trinajstić information content (AvgIpc) is 3.05. The molecule has 22 heavy (non-hydrogen) atoms. The Morgan fingerprint density at radius 1 is 1.45 bits per heavy atom. The Bertz CT molecular complexity index is 627. The Morgan fingerprint density at radius 2 is 2.27 bits per heavy atom. The molecule has 0 spiro atoms. The van der Waals surface area contributed by atoms with E-state index in [9.17, 15) is 4.79 Å². The highest BCUT2D eigenvalue weighted by atomic mass is 32.1. The SMILES string of the molecule is COCC1CN(C(=O)c2ncsc2-c2ccccc2)CCO1. The van der Waals surface area contributed by atoms with Crippen molar-refractivity contribution in [2.75, 3.05) is 33.4 Å². The average molecular weight is 318 g/mol. The molecule has 6 heteroatoms. The number of hydrogen-bond acceptors (Lipinski definition) is 5. The van der Waals surface area contributed by atoms with Gasteiger partial charge in [0.25, 0.3) is 5.91 Å². The maximum Gasteiger partial charge on any atom is 0.274 e. The van der Waals surface area contributed by atoms with Crippen molar-refractivity contribution in [2.45, 2.75) is 6.10 Å². The largest absolute Gasteiger partial charge is 0.382 e. The molecule has 1 aliphatic heterocycles. The van der Waals surface area contributed by atoms with Crippen LogP contribution in [0.25, 0.3) is 10.4 Å². The summed E-state index contributed by atoms with van der Waals surface area (Å²) in [6, 6.07) is 9.89. The molecule has 2 heterocycles. The first-order valence-corrected chi connectivity index (χ1v) is 8.06. The number of carbonyl (C=O) groups is 1. The Kier molecular flexibility index (Phi) is 4.82. The van der Waals surface area contributed by atoms with E-state index in [0.717, 1.165) is 10.4 Å². The first-order valence-electron chi connectivity index (χ1n) is 7.18. The van der Waals surface area contributed by atoms with E-state index >= 15 is 0 Å².